The molecule has 18 heavy (non-hydrogen) atoms. The SMILES string of the molecule is Cc1ccc(CC(C)NC(=O)C(C)(C)CN)s1.Cl. The quantitative estimate of drug-likeness (QED) is 0.875. The Balaban J connectivity index is 0.00000289. The standard InChI is InChI=1S/C13H22N2OS.ClH/c1-9(7-11-6-5-10(2)17-11)15-12(16)13(3,4)8-14;/h5-6,9H,7-8,14H2,1-4H3,(H,15,16);1H. The highest BCUT2D eigenvalue weighted by atomic mass is 35.5. The van der Waals surface area contributed by atoms with Crippen LogP contribution >= 0.6 is 23.7 Å². The first-order valence-electron chi connectivity index (χ1n) is 5.91. The number of carbonyl (C=O) groups is 1. The summed E-state index contributed by atoms with van der Waals surface area (Å²) in [5, 5.41) is 3.02. The van der Waals surface area contributed by atoms with Crippen molar-refractivity contribution in [1.29, 1.82) is 0 Å². The van der Waals surface area contributed by atoms with Crippen LogP contribution in [0.5, 0.6) is 0 Å². The minimum absolute atomic E-state index is 0. The van der Waals surface area contributed by atoms with Gasteiger partial charge in [0, 0.05) is 28.8 Å². The first kappa shape index (κ1) is 17.4. The molecule has 0 saturated heterocycles. The molecule has 1 heterocycles. The fourth-order valence-electron chi connectivity index (χ4n) is 1.46. The minimum atomic E-state index is -0.486. The molecule has 1 rings (SSSR count). The molecule has 0 bridgehead atoms. The van der Waals surface area contributed by atoms with E-state index in [0.717, 1.165) is 6.42 Å². The molecule has 1 aromatic rings. The van der Waals surface area contributed by atoms with Crippen LogP contribution in [0.2, 0.25) is 0 Å². The molecule has 0 spiro atoms. The smallest absolute Gasteiger partial charge is 0.227 e. The molecule has 1 unspecified atom stereocenters. The van der Waals surface area contributed by atoms with Crippen molar-refractivity contribution in [2.24, 2.45) is 11.1 Å². The Kier molecular flexibility index (Phi) is 6.89. The Morgan fingerprint density at radius 3 is 2.56 bits per heavy atom. The van der Waals surface area contributed by atoms with Crippen LogP contribution in [0.25, 0.3) is 0 Å². The maximum absolute atomic E-state index is 11.9. The molecule has 0 aliphatic carbocycles. The van der Waals surface area contributed by atoms with Crippen molar-refractivity contribution in [2.75, 3.05) is 6.54 Å². The van der Waals surface area contributed by atoms with Crippen molar-refractivity contribution in [3.63, 3.8) is 0 Å². The van der Waals surface area contributed by atoms with Crippen molar-refractivity contribution in [2.45, 2.75) is 40.2 Å². The van der Waals surface area contributed by atoms with Gasteiger partial charge in [-0.3, -0.25) is 4.79 Å². The van der Waals surface area contributed by atoms with E-state index in [9.17, 15) is 4.79 Å². The Morgan fingerprint density at radius 2 is 2.11 bits per heavy atom. The number of rotatable bonds is 5. The monoisotopic (exact) mass is 290 g/mol. The summed E-state index contributed by atoms with van der Waals surface area (Å²) in [5.41, 5.74) is 5.09. The zero-order valence-corrected chi connectivity index (χ0v) is 13.1. The predicted octanol–water partition coefficient (Wildman–Crippen LogP) is 2.51. The molecule has 3 nitrogen and oxygen atoms in total. The second kappa shape index (κ2) is 7.12. The zero-order chi connectivity index (χ0) is 13.1. The van der Waals surface area contributed by atoms with E-state index in [1.807, 2.05) is 20.8 Å². The van der Waals surface area contributed by atoms with Gasteiger partial charge in [-0.15, -0.1) is 23.7 Å². The van der Waals surface area contributed by atoms with E-state index in [-0.39, 0.29) is 24.4 Å². The second-order valence-electron chi connectivity index (χ2n) is 5.18. The van der Waals surface area contributed by atoms with Crippen LogP contribution in [0.3, 0.4) is 0 Å². The maximum atomic E-state index is 11.9. The Hall–Kier alpha value is -0.580. The van der Waals surface area contributed by atoms with Crippen LogP contribution in [0, 0.1) is 12.3 Å². The number of nitrogens with one attached hydrogen (secondary N) is 1. The fourth-order valence-corrected chi connectivity index (χ4v) is 2.48. The third-order valence-electron chi connectivity index (χ3n) is 2.81. The lowest BCUT2D eigenvalue weighted by Gasteiger charge is -2.24. The zero-order valence-electron chi connectivity index (χ0n) is 11.4. The van der Waals surface area contributed by atoms with Crippen LogP contribution in [-0.4, -0.2) is 18.5 Å². The molecule has 1 aromatic heterocycles. The molecule has 0 aromatic carbocycles. The van der Waals surface area contributed by atoms with Gasteiger partial charge < -0.3 is 11.1 Å². The van der Waals surface area contributed by atoms with Crippen LogP contribution in [0.15, 0.2) is 12.1 Å². The van der Waals surface area contributed by atoms with E-state index in [2.05, 4.69) is 24.4 Å². The molecule has 1 amide bonds. The number of aryl methyl sites for hydroxylation is 1. The van der Waals surface area contributed by atoms with Gasteiger partial charge in [0.25, 0.3) is 0 Å². The lowest BCUT2D eigenvalue weighted by Crippen LogP contribution is -2.45. The van der Waals surface area contributed by atoms with Gasteiger partial charge in [-0.2, -0.15) is 0 Å². The Labute approximate surface area is 120 Å². The summed E-state index contributed by atoms with van der Waals surface area (Å²) in [7, 11) is 0. The molecule has 1 atom stereocenters. The maximum Gasteiger partial charge on any atom is 0.227 e. The van der Waals surface area contributed by atoms with Crippen molar-refractivity contribution in [1.82, 2.24) is 5.32 Å². The first-order chi connectivity index (χ1) is 7.85. The van der Waals surface area contributed by atoms with E-state index in [0.29, 0.717) is 6.54 Å². The van der Waals surface area contributed by atoms with Gasteiger partial charge in [0.15, 0.2) is 0 Å². The summed E-state index contributed by atoms with van der Waals surface area (Å²) in [6, 6.07) is 4.38. The number of amides is 1. The third-order valence-corrected chi connectivity index (χ3v) is 3.83. The normalized spacial score (nSPS) is 12.7. The van der Waals surface area contributed by atoms with E-state index in [1.165, 1.54) is 9.75 Å². The van der Waals surface area contributed by atoms with Crippen LogP contribution < -0.4 is 11.1 Å². The van der Waals surface area contributed by atoms with Gasteiger partial charge in [-0.25, -0.2) is 0 Å². The number of halogens is 1. The molecule has 0 aliphatic heterocycles. The van der Waals surface area contributed by atoms with E-state index in [4.69, 9.17) is 5.73 Å². The van der Waals surface area contributed by atoms with Crippen molar-refractivity contribution in [3.8, 4) is 0 Å². The minimum Gasteiger partial charge on any atom is -0.353 e. The summed E-state index contributed by atoms with van der Waals surface area (Å²) >= 11 is 1.78. The summed E-state index contributed by atoms with van der Waals surface area (Å²) in [5.74, 6) is 0.0285. The highest BCUT2D eigenvalue weighted by Crippen LogP contribution is 2.18. The Bertz CT molecular complexity index is 390. The number of hydrogen-bond acceptors (Lipinski definition) is 3. The summed E-state index contributed by atoms with van der Waals surface area (Å²) in [6.45, 7) is 8.22. The lowest BCUT2D eigenvalue weighted by atomic mass is 9.92. The fraction of sp³-hybridized carbons (Fsp3) is 0.615. The van der Waals surface area contributed by atoms with Crippen molar-refractivity contribution < 1.29 is 4.79 Å². The van der Waals surface area contributed by atoms with E-state index < -0.39 is 5.41 Å². The molecule has 3 N–H and O–H groups in total. The highest BCUT2D eigenvalue weighted by Gasteiger charge is 2.26. The third kappa shape index (κ3) is 4.96. The predicted molar refractivity (Wildman–Crippen MR) is 80.4 cm³/mol. The van der Waals surface area contributed by atoms with Crippen LogP contribution in [0.4, 0.5) is 0 Å². The van der Waals surface area contributed by atoms with Gasteiger partial charge >= 0.3 is 0 Å². The van der Waals surface area contributed by atoms with Crippen LogP contribution in [0.1, 0.15) is 30.5 Å². The number of carbonyl (C=O) groups excluding carboxylic acids is 1. The van der Waals surface area contributed by atoms with Gasteiger partial charge in [0.05, 0.1) is 5.41 Å². The highest BCUT2D eigenvalue weighted by molar-refractivity contribution is 7.11. The second-order valence-corrected chi connectivity index (χ2v) is 6.55. The van der Waals surface area contributed by atoms with Gasteiger partial charge in [-0.1, -0.05) is 0 Å². The molecular weight excluding hydrogens is 268 g/mol. The van der Waals surface area contributed by atoms with Gasteiger partial charge in [0.2, 0.25) is 5.91 Å². The van der Waals surface area contributed by atoms with Crippen LogP contribution in [-0.2, 0) is 11.2 Å². The summed E-state index contributed by atoms with van der Waals surface area (Å²) in [4.78, 5) is 14.5. The largest absolute Gasteiger partial charge is 0.353 e. The summed E-state index contributed by atoms with van der Waals surface area (Å²) in [6.07, 6.45) is 0.880. The number of nitrogens with two attached hydrogens (primary N) is 1. The molecule has 0 aliphatic rings. The average molecular weight is 291 g/mol. The average Bonchev–Trinajstić information content (AvgIpc) is 2.63. The Morgan fingerprint density at radius 1 is 1.50 bits per heavy atom. The van der Waals surface area contributed by atoms with Gasteiger partial charge in [0.1, 0.15) is 0 Å². The topological polar surface area (TPSA) is 55.1 Å². The van der Waals surface area contributed by atoms with E-state index in [1.54, 1.807) is 11.3 Å². The molecule has 5 heteroatoms. The molecule has 104 valence electrons. The van der Waals surface area contributed by atoms with Gasteiger partial charge in [-0.05, 0) is 39.8 Å². The lowest BCUT2D eigenvalue weighted by molar-refractivity contribution is -0.129. The molecule has 0 radical (unpaired) electrons. The molecular formula is C13H23ClN2OS. The number of hydrogen-bond donors (Lipinski definition) is 2. The first-order valence-corrected chi connectivity index (χ1v) is 6.73. The van der Waals surface area contributed by atoms with Crippen molar-refractivity contribution in [3.05, 3.63) is 21.9 Å². The number of thiophene rings is 1. The molecule has 0 fully saturated rings. The molecule has 0 saturated carbocycles. The summed E-state index contributed by atoms with van der Waals surface area (Å²) < 4.78 is 0. The van der Waals surface area contributed by atoms with Crippen molar-refractivity contribution >= 4 is 29.7 Å². The van der Waals surface area contributed by atoms with E-state index >= 15 is 0 Å².